The van der Waals surface area contributed by atoms with Crippen LogP contribution in [0.2, 0.25) is 0 Å². The third-order valence-electron chi connectivity index (χ3n) is 3.31. The summed E-state index contributed by atoms with van der Waals surface area (Å²) in [7, 11) is 0. The summed E-state index contributed by atoms with van der Waals surface area (Å²) in [5, 5.41) is 8.81. The van der Waals surface area contributed by atoms with Crippen LogP contribution in [-0.4, -0.2) is 17.0 Å². The minimum Gasteiger partial charge on any atom is -0.481 e. The Morgan fingerprint density at radius 1 is 1.57 bits per heavy atom. The Kier molecular flexibility index (Phi) is 1.62. The highest BCUT2D eigenvalue weighted by Crippen LogP contribution is 2.62. The standard InChI is InChI=1S/C10H12F2O2/c1-9(2)6(7(9)8(13)14)3-5-4-10(5,11)12/h3,6-7H,4H2,1-2H3,(H,13,14). The lowest BCUT2D eigenvalue weighted by Gasteiger charge is -1.96. The Morgan fingerprint density at radius 2 is 2.07 bits per heavy atom. The Labute approximate surface area is 80.6 Å². The fraction of sp³-hybridized carbons (Fsp3) is 0.700. The van der Waals surface area contributed by atoms with Crippen LogP contribution in [0.5, 0.6) is 0 Å². The molecule has 0 spiro atoms. The molecule has 0 radical (unpaired) electrons. The Morgan fingerprint density at radius 3 is 2.36 bits per heavy atom. The topological polar surface area (TPSA) is 37.3 Å². The molecule has 2 fully saturated rings. The number of allylic oxidation sites excluding steroid dienone is 2. The van der Waals surface area contributed by atoms with Crippen LogP contribution >= 0.6 is 0 Å². The van der Waals surface area contributed by atoms with Crippen LogP contribution in [0.25, 0.3) is 0 Å². The summed E-state index contributed by atoms with van der Waals surface area (Å²) in [6.45, 7) is 3.60. The summed E-state index contributed by atoms with van der Waals surface area (Å²) in [6, 6.07) is 0. The number of halogens is 2. The van der Waals surface area contributed by atoms with E-state index < -0.39 is 17.8 Å². The molecule has 2 atom stereocenters. The first kappa shape index (κ1) is 9.62. The van der Waals surface area contributed by atoms with Crippen molar-refractivity contribution in [3.8, 4) is 0 Å². The van der Waals surface area contributed by atoms with Gasteiger partial charge in [-0.15, -0.1) is 0 Å². The number of aliphatic carboxylic acids is 1. The first-order valence-electron chi connectivity index (χ1n) is 4.58. The molecular formula is C10H12F2O2. The Bertz CT molecular complexity index is 331. The van der Waals surface area contributed by atoms with E-state index in [0.29, 0.717) is 0 Å². The quantitative estimate of drug-likeness (QED) is 0.697. The maximum atomic E-state index is 12.5. The van der Waals surface area contributed by atoms with Gasteiger partial charge in [0.1, 0.15) is 0 Å². The van der Waals surface area contributed by atoms with Crippen LogP contribution in [0.3, 0.4) is 0 Å². The van der Waals surface area contributed by atoms with Gasteiger partial charge in [0.05, 0.1) is 5.92 Å². The molecule has 0 aromatic heterocycles. The van der Waals surface area contributed by atoms with Crippen molar-refractivity contribution < 1.29 is 18.7 Å². The van der Waals surface area contributed by atoms with Gasteiger partial charge in [-0.05, 0) is 11.3 Å². The van der Waals surface area contributed by atoms with Gasteiger partial charge >= 0.3 is 5.97 Å². The van der Waals surface area contributed by atoms with E-state index in [2.05, 4.69) is 0 Å². The average Bonchev–Trinajstić information content (AvgIpc) is 2.72. The first-order valence-corrected chi connectivity index (χ1v) is 4.58. The molecule has 0 aromatic rings. The van der Waals surface area contributed by atoms with Gasteiger partial charge < -0.3 is 5.11 Å². The molecular weight excluding hydrogens is 190 g/mol. The predicted molar refractivity (Wildman–Crippen MR) is 46.0 cm³/mol. The molecule has 2 saturated carbocycles. The molecule has 0 aromatic carbocycles. The summed E-state index contributed by atoms with van der Waals surface area (Å²) < 4.78 is 25.1. The molecule has 14 heavy (non-hydrogen) atoms. The number of carboxylic acids is 1. The van der Waals surface area contributed by atoms with Crippen LogP contribution < -0.4 is 0 Å². The van der Waals surface area contributed by atoms with Crippen molar-refractivity contribution in [2.45, 2.75) is 26.2 Å². The van der Waals surface area contributed by atoms with Crippen molar-refractivity contribution in [2.75, 3.05) is 0 Å². The zero-order valence-electron chi connectivity index (χ0n) is 8.05. The van der Waals surface area contributed by atoms with E-state index in [1.54, 1.807) is 13.8 Å². The van der Waals surface area contributed by atoms with Crippen molar-refractivity contribution in [1.82, 2.24) is 0 Å². The number of carbonyl (C=O) groups is 1. The van der Waals surface area contributed by atoms with E-state index in [1.165, 1.54) is 6.08 Å². The maximum absolute atomic E-state index is 12.5. The van der Waals surface area contributed by atoms with Gasteiger partial charge in [0.25, 0.3) is 5.92 Å². The van der Waals surface area contributed by atoms with Crippen LogP contribution in [0.15, 0.2) is 11.6 Å². The molecule has 2 nitrogen and oxygen atoms in total. The lowest BCUT2D eigenvalue weighted by atomic mass is 10.1. The summed E-state index contributed by atoms with van der Waals surface area (Å²) >= 11 is 0. The normalized spacial score (nSPS) is 39.6. The molecule has 2 rings (SSSR count). The summed E-state index contributed by atoms with van der Waals surface area (Å²) in [5.74, 6) is -4.25. The van der Waals surface area contributed by atoms with E-state index in [4.69, 9.17) is 5.11 Å². The molecule has 2 aliphatic rings. The van der Waals surface area contributed by atoms with Crippen molar-refractivity contribution in [1.29, 1.82) is 0 Å². The number of carboxylic acid groups (broad SMARTS) is 1. The average molecular weight is 202 g/mol. The highest BCUT2D eigenvalue weighted by Gasteiger charge is 2.63. The minimum absolute atomic E-state index is 0.110. The SMILES string of the molecule is CC1(C)C(C=C2CC2(F)F)C1C(=O)O. The zero-order valence-corrected chi connectivity index (χ0v) is 8.05. The number of rotatable bonds is 2. The zero-order chi connectivity index (χ0) is 10.7. The van der Waals surface area contributed by atoms with Crippen molar-refractivity contribution in [2.24, 2.45) is 17.3 Å². The van der Waals surface area contributed by atoms with E-state index in [1.807, 2.05) is 0 Å². The molecule has 0 heterocycles. The molecule has 0 amide bonds. The summed E-state index contributed by atoms with van der Waals surface area (Å²) in [4.78, 5) is 10.7. The van der Waals surface area contributed by atoms with Crippen molar-refractivity contribution in [3.63, 3.8) is 0 Å². The van der Waals surface area contributed by atoms with Crippen molar-refractivity contribution >= 4 is 5.97 Å². The Hall–Kier alpha value is -0.930. The van der Waals surface area contributed by atoms with Crippen LogP contribution in [0, 0.1) is 17.3 Å². The van der Waals surface area contributed by atoms with E-state index >= 15 is 0 Å². The second-order valence-electron chi connectivity index (χ2n) is 4.74. The van der Waals surface area contributed by atoms with Gasteiger partial charge in [-0.1, -0.05) is 19.9 Å². The first-order chi connectivity index (χ1) is 6.27. The predicted octanol–water partition coefficient (Wildman–Crippen LogP) is 2.31. The smallest absolute Gasteiger partial charge is 0.307 e. The molecule has 0 saturated heterocycles. The molecule has 1 N–H and O–H groups in total. The van der Waals surface area contributed by atoms with E-state index in [9.17, 15) is 13.6 Å². The molecule has 78 valence electrons. The fourth-order valence-electron chi connectivity index (χ4n) is 2.05. The van der Waals surface area contributed by atoms with Crippen LogP contribution in [0.1, 0.15) is 20.3 Å². The van der Waals surface area contributed by atoms with Crippen LogP contribution in [-0.2, 0) is 4.79 Å². The second-order valence-corrected chi connectivity index (χ2v) is 4.74. The highest BCUT2D eigenvalue weighted by molar-refractivity contribution is 5.76. The van der Waals surface area contributed by atoms with Gasteiger partial charge in [-0.25, -0.2) is 8.78 Å². The Balaban J connectivity index is 2.10. The largest absolute Gasteiger partial charge is 0.481 e. The third-order valence-corrected chi connectivity index (χ3v) is 3.31. The number of hydrogen-bond acceptors (Lipinski definition) is 1. The van der Waals surface area contributed by atoms with Crippen LogP contribution in [0.4, 0.5) is 8.78 Å². The maximum Gasteiger partial charge on any atom is 0.307 e. The van der Waals surface area contributed by atoms with E-state index in [0.717, 1.165) is 0 Å². The van der Waals surface area contributed by atoms with Gasteiger partial charge in [0, 0.05) is 12.0 Å². The third kappa shape index (κ3) is 1.24. The lowest BCUT2D eigenvalue weighted by Crippen LogP contribution is -2.03. The molecule has 2 aliphatic carbocycles. The minimum atomic E-state index is -2.65. The molecule has 2 unspecified atom stereocenters. The van der Waals surface area contributed by atoms with Gasteiger partial charge in [-0.2, -0.15) is 0 Å². The molecule has 0 bridgehead atoms. The number of alkyl halides is 2. The summed E-state index contributed by atoms with van der Waals surface area (Å²) in [5.41, 5.74) is -0.253. The van der Waals surface area contributed by atoms with Crippen molar-refractivity contribution in [3.05, 3.63) is 11.6 Å². The number of hydrogen-bond donors (Lipinski definition) is 1. The lowest BCUT2D eigenvalue weighted by molar-refractivity contribution is -0.139. The highest BCUT2D eigenvalue weighted by atomic mass is 19.3. The van der Waals surface area contributed by atoms with E-state index in [-0.39, 0.29) is 23.3 Å². The van der Waals surface area contributed by atoms with Gasteiger partial charge in [0.2, 0.25) is 0 Å². The molecule has 0 aliphatic heterocycles. The summed E-state index contributed by atoms with van der Waals surface area (Å²) in [6.07, 6.45) is 1.27. The molecule has 4 heteroatoms. The van der Waals surface area contributed by atoms with Gasteiger partial charge in [0.15, 0.2) is 0 Å². The second kappa shape index (κ2) is 2.35. The fourth-order valence-corrected chi connectivity index (χ4v) is 2.05. The monoisotopic (exact) mass is 202 g/mol. The van der Waals surface area contributed by atoms with Gasteiger partial charge in [-0.3, -0.25) is 4.79 Å².